The molecule has 1 fully saturated rings. The number of ketones is 1. The van der Waals surface area contributed by atoms with Crippen LogP contribution in [-0.4, -0.2) is 78.2 Å². The second-order valence-electron chi connectivity index (χ2n) is 10.2. The van der Waals surface area contributed by atoms with Gasteiger partial charge in [0.15, 0.2) is 5.82 Å². The van der Waals surface area contributed by atoms with Crippen LogP contribution in [0.5, 0.6) is 5.75 Å². The summed E-state index contributed by atoms with van der Waals surface area (Å²) < 4.78 is 37.2. The summed E-state index contributed by atoms with van der Waals surface area (Å²) in [6.45, 7) is 2.01. The minimum Gasteiger partial charge on any atom is -0.496 e. The van der Waals surface area contributed by atoms with Gasteiger partial charge in [0.25, 0.3) is 0 Å². The molecule has 2 N–H and O–H groups in total. The lowest BCUT2D eigenvalue weighted by Gasteiger charge is -2.36. The molecule has 2 heterocycles. The van der Waals surface area contributed by atoms with Gasteiger partial charge in [-0.3, -0.25) is 4.79 Å². The van der Waals surface area contributed by atoms with Crippen LogP contribution in [0.1, 0.15) is 34.6 Å². The number of nitrogens with zero attached hydrogens (tertiary/aromatic N) is 4. The highest BCUT2D eigenvalue weighted by molar-refractivity contribution is 6.09. The number of aromatic amines is 1. The van der Waals surface area contributed by atoms with Crippen LogP contribution in [0.2, 0.25) is 0 Å². The van der Waals surface area contributed by atoms with Crippen molar-refractivity contribution in [1.82, 2.24) is 14.9 Å². The molecule has 0 bridgehead atoms. The molecule has 1 aliphatic heterocycles. The number of alkyl halides is 3. The van der Waals surface area contributed by atoms with Crippen LogP contribution in [0.3, 0.4) is 0 Å². The molecule has 43 heavy (non-hydrogen) atoms. The highest BCUT2D eigenvalue weighted by Crippen LogP contribution is 2.33. The molecule has 0 unspecified atom stereocenters. The van der Waals surface area contributed by atoms with Gasteiger partial charge in [0.05, 0.1) is 29.8 Å². The van der Waals surface area contributed by atoms with E-state index in [4.69, 9.17) is 14.6 Å². The Labute approximate surface area is 246 Å². The van der Waals surface area contributed by atoms with E-state index in [1.807, 2.05) is 30.3 Å². The monoisotopic (exact) mass is 593 g/mol. The summed E-state index contributed by atoms with van der Waals surface area (Å²) in [6.07, 6.45) is -2.82. The zero-order valence-electron chi connectivity index (χ0n) is 23.8. The number of benzene rings is 3. The van der Waals surface area contributed by atoms with Crippen LogP contribution < -0.4 is 9.64 Å². The van der Waals surface area contributed by atoms with Crippen molar-refractivity contribution in [3.8, 4) is 22.9 Å². The van der Waals surface area contributed by atoms with Crippen LogP contribution >= 0.6 is 0 Å². The second-order valence-corrected chi connectivity index (χ2v) is 10.2. The lowest BCUT2D eigenvalue weighted by atomic mass is 9.95. The first-order valence-corrected chi connectivity index (χ1v) is 13.4. The van der Waals surface area contributed by atoms with Gasteiger partial charge < -0.3 is 24.6 Å². The van der Waals surface area contributed by atoms with Gasteiger partial charge in [0.1, 0.15) is 5.75 Å². The summed E-state index contributed by atoms with van der Waals surface area (Å²) in [7, 11) is 5.87. The average molecular weight is 594 g/mol. The summed E-state index contributed by atoms with van der Waals surface area (Å²) >= 11 is 0. The zero-order chi connectivity index (χ0) is 31.3. The van der Waals surface area contributed by atoms with Crippen LogP contribution in [-0.2, 0) is 4.79 Å². The van der Waals surface area contributed by atoms with Gasteiger partial charge >= 0.3 is 12.1 Å². The number of carbonyl (C=O) groups excluding carboxylic acids is 1. The van der Waals surface area contributed by atoms with E-state index in [0.717, 1.165) is 48.2 Å². The molecule has 9 nitrogen and oxygen atoms in total. The van der Waals surface area contributed by atoms with Crippen LogP contribution in [0, 0.1) is 11.3 Å². The van der Waals surface area contributed by atoms with E-state index >= 15 is 0 Å². The largest absolute Gasteiger partial charge is 0.496 e. The van der Waals surface area contributed by atoms with Crippen molar-refractivity contribution in [2.75, 3.05) is 39.2 Å². The summed E-state index contributed by atoms with van der Waals surface area (Å²) in [5, 5.41) is 16.8. The minimum absolute atomic E-state index is 0.222. The molecular weight excluding hydrogens is 563 g/mol. The van der Waals surface area contributed by atoms with E-state index in [1.165, 1.54) is 0 Å². The zero-order valence-corrected chi connectivity index (χ0v) is 23.8. The number of nitriles is 1. The van der Waals surface area contributed by atoms with E-state index in [2.05, 4.69) is 52.1 Å². The van der Waals surface area contributed by atoms with E-state index < -0.39 is 12.1 Å². The fraction of sp³-hybridized carbons (Fsp3) is 0.290. The van der Waals surface area contributed by atoms with Gasteiger partial charge in [0, 0.05) is 41.5 Å². The Hall–Kier alpha value is -4.89. The van der Waals surface area contributed by atoms with E-state index in [0.29, 0.717) is 28.5 Å². The standard InChI is InChI=1S/C29H29N5O2.C2HF3O2/c1-33(2)21-12-14-34(15-13-21)22-10-11-25-26(17-22)32-29(31-25)28(35)19-8-9-20(18-30)24(16-19)23-6-4-5-7-27(23)36-3;3-2(4,5)1(6)7/h4-11,16-17,21H,12-15H2,1-3H3,(H,31,32);(H,6,7). The van der Waals surface area contributed by atoms with E-state index in [1.54, 1.807) is 25.3 Å². The number of aromatic nitrogens is 2. The molecule has 1 aromatic heterocycles. The predicted molar refractivity (Wildman–Crippen MR) is 155 cm³/mol. The van der Waals surface area contributed by atoms with Crippen molar-refractivity contribution in [2.45, 2.75) is 25.1 Å². The van der Waals surface area contributed by atoms with Gasteiger partial charge in [-0.1, -0.05) is 18.2 Å². The van der Waals surface area contributed by atoms with E-state index in [-0.39, 0.29) is 11.6 Å². The third-order valence-corrected chi connectivity index (χ3v) is 7.28. The number of aliphatic carboxylic acids is 1. The third kappa shape index (κ3) is 7.13. The van der Waals surface area contributed by atoms with Gasteiger partial charge in [0.2, 0.25) is 5.78 Å². The summed E-state index contributed by atoms with van der Waals surface area (Å²) in [6, 6.07) is 21.5. The number of fused-ring (bicyclic) bond motifs is 1. The lowest BCUT2D eigenvalue weighted by Crippen LogP contribution is -2.41. The maximum Gasteiger partial charge on any atom is 0.490 e. The highest BCUT2D eigenvalue weighted by atomic mass is 19.4. The molecule has 0 radical (unpaired) electrons. The lowest BCUT2D eigenvalue weighted by molar-refractivity contribution is -0.192. The Bertz CT molecular complexity index is 1670. The van der Waals surface area contributed by atoms with Gasteiger partial charge in [-0.05, 0) is 69.4 Å². The Morgan fingerprint density at radius 3 is 2.35 bits per heavy atom. The minimum atomic E-state index is -5.08. The fourth-order valence-electron chi connectivity index (χ4n) is 4.95. The maximum absolute atomic E-state index is 13.4. The smallest absolute Gasteiger partial charge is 0.490 e. The van der Waals surface area contributed by atoms with Gasteiger partial charge in [-0.25, -0.2) is 9.78 Å². The first-order valence-electron chi connectivity index (χ1n) is 13.4. The number of H-pyrrole nitrogens is 1. The molecule has 5 rings (SSSR count). The Morgan fingerprint density at radius 2 is 1.74 bits per heavy atom. The molecule has 0 atom stereocenters. The molecule has 224 valence electrons. The molecule has 1 saturated heterocycles. The fourth-order valence-corrected chi connectivity index (χ4v) is 4.95. The quantitative estimate of drug-likeness (QED) is 0.281. The number of piperidine rings is 1. The van der Waals surface area contributed by atoms with Crippen molar-refractivity contribution in [2.24, 2.45) is 0 Å². The molecule has 0 saturated carbocycles. The summed E-state index contributed by atoms with van der Waals surface area (Å²) in [4.78, 5) is 34.8. The third-order valence-electron chi connectivity index (χ3n) is 7.28. The number of hydrogen-bond donors (Lipinski definition) is 2. The first-order chi connectivity index (χ1) is 20.4. The number of ether oxygens (including phenoxy) is 1. The number of carbonyl (C=O) groups is 2. The van der Waals surface area contributed by atoms with Gasteiger partial charge in [-0.2, -0.15) is 18.4 Å². The van der Waals surface area contributed by atoms with Crippen molar-refractivity contribution >= 4 is 28.5 Å². The number of para-hydroxylation sites is 1. The molecule has 0 aliphatic carbocycles. The number of rotatable bonds is 6. The van der Waals surface area contributed by atoms with Crippen molar-refractivity contribution in [1.29, 1.82) is 5.26 Å². The predicted octanol–water partition coefficient (Wildman–Crippen LogP) is 5.50. The van der Waals surface area contributed by atoms with Crippen LogP contribution in [0.4, 0.5) is 18.9 Å². The Balaban J connectivity index is 0.000000541. The molecular formula is C31H30F3N5O4. The SMILES string of the molecule is COc1ccccc1-c1cc(C(=O)c2nc3ccc(N4CCC(N(C)C)CC4)cc3[nH]2)ccc1C#N.O=C(O)C(F)(F)F. The van der Waals surface area contributed by atoms with Crippen molar-refractivity contribution in [3.63, 3.8) is 0 Å². The first kappa shape index (κ1) is 31.1. The molecule has 0 amide bonds. The normalized spacial score (nSPS) is 13.8. The Kier molecular flexibility index (Phi) is 9.36. The topological polar surface area (TPSA) is 123 Å². The van der Waals surface area contributed by atoms with E-state index in [9.17, 15) is 23.2 Å². The molecule has 12 heteroatoms. The van der Waals surface area contributed by atoms with Crippen LogP contribution in [0.25, 0.3) is 22.2 Å². The number of nitrogens with one attached hydrogen (secondary N) is 1. The Morgan fingerprint density at radius 1 is 1.07 bits per heavy atom. The highest BCUT2D eigenvalue weighted by Gasteiger charge is 2.38. The molecule has 0 spiro atoms. The number of halogens is 3. The van der Waals surface area contributed by atoms with Crippen LogP contribution in [0.15, 0.2) is 60.7 Å². The second kappa shape index (κ2) is 13.0. The number of carboxylic acid groups (broad SMARTS) is 1. The number of anilines is 1. The molecule has 1 aliphatic rings. The maximum atomic E-state index is 13.4. The summed E-state index contributed by atoms with van der Waals surface area (Å²) in [5.74, 6) is -2.05. The number of hydrogen-bond acceptors (Lipinski definition) is 7. The summed E-state index contributed by atoms with van der Waals surface area (Å²) in [5.41, 5.74) is 5.08. The molecule has 4 aromatic rings. The number of imidazole rings is 1. The number of carboxylic acids is 1. The van der Waals surface area contributed by atoms with Gasteiger partial charge in [-0.15, -0.1) is 0 Å². The van der Waals surface area contributed by atoms with Crippen molar-refractivity contribution < 1.29 is 32.6 Å². The van der Waals surface area contributed by atoms with Crippen molar-refractivity contribution in [3.05, 3.63) is 77.6 Å². The molecule has 3 aromatic carbocycles. The number of methoxy groups -OCH3 is 1. The average Bonchev–Trinajstić information content (AvgIpc) is 3.44.